The van der Waals surface area contributed by atoms with Gasteiger partial charge in [0, 0.05) is 19.0 Å². The molecule has 0 spiro atoms. The quantitative estimate of drug-likeness (QED) is 0.778. The summed E-state index contributed by atoms with van der Waals surface area (Å²) in [7, 11) is 0. The number of amides is 1. The maximum Gasteiger partial charge on any atom is 0.219 e. The zero-order valence-corrected chi connectivity index (χ0v) is 11.0. The largest absolute Gasteiger partial charge is 0.356 e. The van der Waals surface area contributed by atoms with E-state index in [2.05, 4.69) is 24.1 Å². The molecular formula is C13H26N2O. The Morgan fingerprint density at radius 2 is 2.00 bits per heavy atom. The van der Waals surface area contributed by atoms with E-state index in [4.69, 9.17) is 0 Å². The van der Waals surface area contributed by atoms with Gasteiger partial charge in [-0.3, -0.25) is 4.79 Å². The zero-order chi connectivity index (χ0) is 12.0. The molecule has 1 amide bonds. The van der Waals surface area contributed by atoms with Crippen LogP contribution in [0, 0.1) is 5.92 Å². The summed E-state index contributed by atoms with van der Waals surface area (Å²) in [6.45, 7) is 9.80. The average molecular weight is 226 g/mol. The minimum Gasteiger partial charge on any atom is -0.356 e. The molecule has 94 valence electrons. The SMILES string of the molecule is CCCC(=O)NCC1CCN(C(C)C)CC1. The van der Waals surface area contributed by atoms with Crippen LogP contribution in [0.15, 0.2) is 0 Å². The van der Waals surface area contributed by atoms with Gasteiger partial charge in [-0.25, -0.2) is 0 Å². The van der Waals surface area contributed by atoms with Crippen molar-refractivity contribution in [1.82, 2.24) is 10.2 Å². The molecule has 3 nitrogen and oxygen atoms in total. The molecule has 0 bridgehead atoms. The van der Waals surface area contributed by atoms with Gasteiger partial charge >= 0.3 is 0 Å². The second kappa shape index (κ2) is 6.89. The summed E-state index contributed by atoms with van der Waals surface area (Å²) in [5.41, 5.74) is 0. The summed E-state index contributed by atoms with van der Waals surface area (Å²) in [6.07, 6.45) is 4.07. The van der Waals surface area contributed by atoms with Gasteiger partial charge in [0.25, 0.3) is 0 Å². The van der Waals surface area contributed by atoms with Crippen molar-refractivity contribution in [2.24, 2.45) is 5.92 Å². The van der Waals surface area contributed by atoms with Gasteiger partial charge in [0.2, 0.25) is 5.91 Å². The van der Waals surface area contributed by atoms with Crippen molar-refractivity contribution in [3.8, 4) is 0 Å². The molecule has 0 saturated carbocycles. The standard InChI is InChI=1S/C13H26N2O/c1-4-5-13(16)14-10-12-6-8-15(9-7-12)11(2)3/h11-12H,4-10H2,1-3H3,(H,14,16). The smallest absolute Gasteiger partial charge is 0.219 e. The third-order valence-electron chi connectivity index (χ3n) is 3.44. The highest BCUT2D eigenvalue weighted by molar-refractivity contribution is 5.75. The van der Waals surface area contributed by atoms with Crippen molar-refractivity contribution in [2.45, 2.75) is 52.5 Å². The summed E-state index contributed by atoms with van der Waals surface area (Å²) >= 11 is 0. The lowest BCUT2D eigenvalue weighted by Gasteiger charge is -2.34. The second-order valence-corrected chi connectivity index (χ2v) is 5.13. The van der Waals surface area contributed by atoms with E-state index < -0.39 is 0 Å². The predicted octanol–water partition coefficient (Wildman–Crippen LogP) is 2.02. The number of nitrogens with one attached hydrogen (secondary N) is 1. The van der Waals surface area contributed by atoms with Crippen LogP contribution in [-0.4, -0.2) is 36.5 Å². The molecular weight excluding hydrogens is 200 g/mol. The van der Waals surface area contributed by atoms with Gasteiger partial charge in [-0.2, -0.15) is 0 Å². The molecule has 1 aliphatic heterocycles. The molecule has 1 heterocycles. The molecule has 0 unspecified atom stereocenters. The molecule has 0 atom stereocenters. The van der Waals surface area contributed by atoms with E-state index >= 15 is 0 Å². The summed E-state index contributed by atoms with van der Waals surface area (Å²) < 4.78 is 0. The van der Waals surface area contributed by atoms with Gasteiger partial charge in [0.1, 0.15) is 0 Å². The second-order valence-electron chi connectivity index (χ2n) is 5.13. The van der Waals surface area contributed by atoms with Crippen molar-refractivity contribution in [3.05, 3.63) is 0 Å². The van der Waals surface area contributed by atoms with Gasteiger partial charge in [-0.1, -0.05) is 6.92 Å². The van der Waals surface area contributed by atoms with Gasteiger partial charge in [0.15, 0.2) is 0 Å². The van der Waals surface area contributed by atoms with Gasteiger partial charge in [0.05, 0.1) is 0 Å². The topological polar surface area (TPSA) is 32.3 Å². The average Bonchev–Trinajstić information content (AvgIpc) is 2.27. The predicted molar refractivity (Wildman–Crippen MR) is 67.4 cm³/mol. The third-order valence-corrected chi connectivity index (χ3v) is 3.44. The molecule has 0 aromatic carbocycles. The number of rotatable bonds is 5. The van der Waals surface area contributed by atoms with Crippen LogP contribution in [0.4, 0.5) is 0 Å². The van der Waals surface area contributed by atoms with Crippen LogP contribution in [0.25, 0.3) is 0 Å². The number of piperidine rings is 1. The highest BCUT2D eigenvalue weighted by Crippen LogP contribution is 2.17. The number of nitrogens with zero attached hydrogens (tertiary/aromatic N) is 1. The molecule has 0 aromatic heterocycles. The zero-order valence-electron chi connectivity index (χ0n) is 11.0. The van der Waals surface area contributed by atoms with Crippen LogP contribution in [0.3, 0.4) is 0 Å². The van der Waals surface area contributed by atoms with Gasteiger partial charge < -0.3 is 10.2 Å². The summed E-state index contributed by atoms with van der Waals surface area (Å²) in [6, 6.07) is 0.663. The first-order chi connectivity index (χ1) is 7.63. The normalized spacial score (nSPS) is 19.0. The third kappa shape index (κ3) is 4.52. The molecule has 3 heteroatoms. The summed E-state index contributed by atoms with van der Waals surface area (Å²) in [4.78, 5) is 13.9. The Kier molecular flexibility index (Phi) is 5.81. The number of carbonyl (C=O) groups is 1. The van der Waals surface area contributed by atoms with Crippen LogP contribution in [0.2, 0.25) is 0 Å². The molecule has 16 heavy (non-hydrogen) atoms. The molecule has 1 aliphatic rings. The van der Waals surface area contributed by atoms with E-state index in [0.29, 0.717) is 18.4 Å². The number of carbonyl (C=O) groups excluding carboxylic acids is 1. The highest BCUT2D eigenvalue weighted by Gasteiger charge is 2.20. The van der Waals surface area contributed by atoms with Crippen molar-refractivity contribution in [2.75, 3.05) is 19.6 Å². The molecule has 1 rings (SSSR count). The highest BCUT2D eigenvalue weighted by atomic mass is 16.1. The Morgan fingerprint density at radius 3 is 2.50 bits per heavy atom. The molecule has 0 aliphatic carbocycles. The Hall–Kier alpha value is -0.570. The number of hydrogen-bond donors (Lipinski definition) is 1. The molecule has 1 fully saturated rings. The summed E-state index contributed by atoms with van der Waals surface area (Å²) in [5, 5.41) is 3.04. The van der Waals surface area contributed by atoms with Crippen molar-refractivity contribution < 1.29 is 4.79 Å². The lowest BCUT2D eigenvalue weighted by atomic mass is 9.96. The Bertz CT molecular complexity index is 208. The van der Waals surface area contributed by atoms with E-state index in [1.807, 2.05) is 6.92 Å². The van der Waals surface area contributed by atoms with E-state index in [9.17, 15) is 4.79 Å². The first kappa shape index (κ1) is 13.5. The van der Waals surface area contributed by atoms with Crippen molar-refractivity contribution in [3.63, 3.8) is 0 Å². The summed E-state index contributed by atoms with van der Waals surface area (Å²) in [5.74, 6) is 0.907. The Labute approximate surface area is 99.6 Å². The van der Waals surface area contributed by atoms with E-state index in [-0.39, 0.29) is 5.91 Å². The van der Waals surface area contributed by atoms with E-state index in [1.54, 1.807) is 0 Å². The number of likely N-dealkylation sites (tertiary alicyclic amines) is 1. The molecule has 1 saturated heterocycles. The number of hydrogen-bond acceptors (Lipinski definition) is 2. The van der Waals surface area contributed by atoms with E-state index in [0.717, 1.165) is 13.0 Å². The lowest BCUT2D eigenvalue weighted by Crippen LogP contribution is -2.41. The maximum absolute atomic E-state index is 11.3. The monoisotopic (exact) mass is 226 g/mol. The minimum absolute atomic E-state index is 0.216. The van der Waals surface area contributed by atoms with E-state index in [1.165, 1.54) is 25.9 Å². The first-order valence-electron chi connectivity index (χ1n) is 6.64. The Balaban J connectivity index is 2.15. The Morgan fingerprint density at radius 1 is 1.38 bits per heavy atom. The lowest BCUT2D eigenvalue weighted by molar-refractivity contribution is -0.121. The van der Waals surface area contributed by atoms with Crippen LogP contribution < -0.4 is 5.32 Å². The fourth-order valence-electron chi connectivity index (χ4n) is 2.25. The van der Waals surface area contributed by atoms with Crippen LogP contribution in [0.5, 0.6) is 0 Å². The fourth-order valence-corrected chi connectivity index (χ4v) is 2.25. The molecule has 0 aromatic rings. The van der Waals surface area contributed by atoms with Crippen LogP contribution in [0.1, 0.15) is 46.5 Å². The minimum atomic E-state index is 0.216. The van der Waals surface area contributed by atoms with Crippen LogP contribution >= 0.6 is 0 Å². The first-order valence-corrected chi connectivity index (χ1v) is 6.64. The van der Waals surface area contributed by atoms with Gasteiger partial charge in [-0.15, -0.1) is 0 Å². The molecule has 0 radical (unpaired) electrons. The van der Waals surface area contributed by atoms with Gasteiger partial charge in [-0.05, 0) is 52.1 Å². The maximum atomic E-state index is 11.3. The van der Waals surface area contributed by atoms with Crippen LogP contribution in [-0.2, 0) is 4.79 Å². The molecule has 1 N–H and O–H groups in total. The fraction of sp³-hybridized carbons (Fsp3) is 0.923. The van der Waals surface area contributed by atoms with Crippen molar-refractivity contribution >= 4 is 5.91 Å². The van der Waals surface area contributed by atoms with Crippen molar-refractivity contribution in [1.29, 1.82) is 0 Å².